The Bertz CT molecular complexity index is 896. The summed E-state index contributed by atoms with van der Waals surface area (Å²) < 4.78 is 6.56. The van der Waals surface area contributed by atoms with Crippen LogP contribution in [0.2, 0.25) is 0 Å². The van der Waals surface area contributed by atoms with E-state index < -0.39 is 5.54 Å². The van der Waals surface area contributed by atoms with Crippen LogP contribution < -0.4 is 5.32 Å². The molecule has 1 atom stereocenters. The third kappa shape index (κ3) is 4.76. The molecule has 1 unspecified atom stereocenters. The van der Waals surface area contributed by atoms with Crippen LogP contribution in [0.1, 0.15) is 30.4 Å². The molecule has 158 valence electrons. The molecule has 2 amide bonds. The molecule has 2 heterocycles. The van der Waals surface area contributed by atoms with Gasteiger partial charge >= 0.3 is 0 Å². The predicted molar refractivity (Wildman–Crippen MR) is 119 cm³/mol. The summed E-state index contributed by atoms with van der Waals surface area (Å²) in [4.78, 5) is 27.5. The first kappa shape index (κ1) is 21.1. The molecule has 2 fully saturated rings. The van der Waals surface area contributed by atoms with E-state index in [4.69, 9.17) is 4.74 Å². The lowest BCUT2D eigenvalue weighted by Crippen LogP contribution is -2.51. The molecule has 0 bridgehead atoms. The van der Waals surface area contributed by atoms with Crippen molar-refractivity contribution in [3.05, 3.63) is 70.2 Å². The Kier molecular flexibility index (Phi) is 6.54. The predicted octanol–water partition coefficient (Wildman–Crippen LogP) is 3.66. The lowest BCUT2D eigenvalue weighted by atomic mass is 9.82. The molecule has 2 aliphatic rings. The molecule has 4 rings (SSSR count). The second kappa shape index (κ2) is 9.31. The Balaban J connectivity index is 1.42. The number of likely N-dealkylation sites (tertiary alicyclic amines) is 1. The molecule has 2 aliphatic heterocycles. The summed E-state index contributed by atoms with van der Waals surface area (Å²) in [5.41, 5.74) is 1.84. The monoisotopic (exact) mass is 470 g/mol. The second-order valence-electron chi connectivity index (χ2n) is 8.17. The van der Waals surface area contributed by atoms with Crippen molar-refractivity contribution in [2.75, 3.05) is 26.3 Å². The summed E-state index contributed by atoms with van der Waals surface area (Å²) in [6.07, 6.45) is 2.55. The van der Waals surface area contributed by atoms with Crippen molar-refractivity contribution in [1.82, 2.24) is 10.2 Å². The number of hydrogen-bond acceptors (Lipinski definition) is 3. The smallest absolute Gasteiger partial charge is 0.226 e. The number of hydrogen-bond donors (Lipinski definition) is 1. The second-order valence-corrected chi connectivity index (χ2v) is 9.09. The normalized spacial score (nSPS) is 20.9. The van der Waals surface area contributed by atoms with Gasteiger partial charge in [-0.15, -0.1) is 0 Å². The van der Waals surface area contributed by atoms with E-state index in [9.17, 15) is 9.59 Å². The third-order valence-electron chi connectivity index (χ3n) is 6.18. The van der Waals surface area contributed by atoms with Crippen LogP contribution >= 0.6 is 15.9 Å². The molecule has 2 saturated heterocycles. The quantitative estimate of drug-likeness (QED) is 0.700. The first-order valence-electron chi connectivity index (χ1n) is 10.5. The Morgan fingerprint density at radius 1 is 1.13 bits per heavy atom. The fraction of sp³-hybridized carbons (Fsp3) is 0.417. The van der Waals surface area contributed by atoms with Crippen LogP contribution in [-0.4, -0.2) is 43.0 Å². The fourth-order valence-corrected chi connectivity index (χ4v) is 4.80. The Morgan fingerprint density at radius 2 is 1.90 bits per heavy atom. The van der Waals surface area contributed by atoms with Gasteiger partial charge in [0.2, 0.25) is 11.8 Å². The van der Waals surface area contributed by atoms with Crippen LogP contribution in [0.4, 0.5) is 0 Å². The summed E-state index contributed by atoms with van der Waals surface area (Å²) in [5.74, 6) is -0.276. The maximum Gasteiger partial charge on any atom is 0.226 e. The summed E-state index contributed by atoms with van der Waals surface area (Å²) in [5, 5.41) is 3.31. The van der Waals surface area contributed by atoms with Gasteiger partial charge < -0.3 is 15.0 Å². The van der Waals surface area contributed by atoms with Gasteiger partial charge in [-0.1, -0.05) is 58.4 Å². The maximum atomic E-state index is 13.2. The van der Waals surface area contributed by atoms with Gasteiger partial charge in [-0.05, 0) is 42.5 Å². The van der Waals surface area contributed by atoms with E-state index in [-0.39, 0.29) is 24.2 Å². The Morgan fingerprint density at radius 3 is 2.63 bits per heavy atom. The largest absolute Gasteiger partial charge is 0.381 e. The van der Waals surface area contributed by atoms with Gasteiger partial charge in [0.1, 0.15) is 0 Å². The maximum absolute atomic E-state index is 13.2. The van der Waals surface area contributed by atoms with Crippen molar-refractivity contribution in [2.24, 2.45) is 5.92 Å². The highest BCUT2D eigenvalue weighted by Gasteiger charge is 2.40. The van der Waals surface area contributed by atoms with Gasteiger partial charge in [0, 0.05) is 37.2 Å². The number of nitrogens with zero attached hydrogens (tertiary/aromatic N) is 1. The molecule has 5 nitrogen and oxygen atoms in total. The molecule has 30 heavy (non-hydrogen) atoms. The number of amides is 2. The third-order valence-corrected chi connectivity index (χ3v) is 6.68. The van der Waals surface area contributed by atoms with E-state index in [0.717, 1.165) is 29.3 Å². The molecule has 0 aromatic heterocycles. The summed E-state index contributed by atoms with van der Waals surface area (Å²) in [6.45, 7) is 2.36. The zero-order valence-electron chi connectivity index (χ0n) is 17.0. The standard InChI is InChI=1S/C24H27BrN2O3/c25-21-8-4-7-20(16-21)24(10-13-30-14-11-24)26-23(29)19-15-22(28)27(17-19)12-9-18-5-2-1-3-6-18/h1-8,16,19H,9-15,17H2,(H,26,29). The lowest BCUT2D eigenvalue weighted by molar-refractivity contribution is -0.130. The van der Waals surface area contributed by atoms with Crippen molar-refractivity contribution in [1.29, 1.82) is 0 Å². The van der Waals surface area contributed by atoms with Gasteiger partial charge in [-0.3, -0.25) is 9.59 Å². The number of nitrogens with one attached hydrogen (secondary N) is 1. The summed E-state index contributed by atoms with van der Waals surface area (Å²) in [6, 6.07) is 18.2. The molecule has 1 N–H and O–H groups in total. The first-order chi connectivity index (χ1) is 14.6. The van der Waals surface area contributed by atoms with Gasteiger partial charge in [-0.25, -0.2) is 0 Å². The van der Waals surface area contributed by atoms with Crippen molar-refractivity contribution >= 4 is 27.7 Å². The van der Waals surface area contributed by atoms with E-state index in [0.29, 0.717) is 26.3 Å². The van der Waals surface area contributed by atoms with Gasteiger partial charge in [0.25, 0.3) is 0 Å². The molecular weight excluding hydrogens is 444 g/mol. The van der Waals surface area contributed by atoms with Crippen molar-refractivity contribution in [3.8, 4) is 0 Å². The average Bonchev–Trinajstić information content (AvgIpc) is 3.14. The summed E-state index contributed by atoms with van der Waals surface area (Å²) in [7, 11) is 0. The average molecular weight is 471 g/mol. The van der Waals surface area contributed by atoms with Gasteiger partial charge in [-0.2, -0.15) is 0 Å². The van der Waals surface area contributed by atoms with Crippen molar-refractivity contribution < 1.29 is 14.3 Å². The van der Waals surface area contributed by atoms with Crippen molar-refractivity contribution in [2.45, 2.75) is 31.2 Å². The zero-order valence-corrected chi connectivity index (χ0v) is 18.6. The molecule has 0 radical (unpaired) electrons. The van der Waals surface area contributed by atoms with E-state index in [1.807, 2.05) is 35.2 Å². The lowest BCUT2D eigenvalue weighted by Gasteiger charge is -2.39. The minimum Gasteiger partial charge on any atom is -0.381 e. The van der Waals surface area contributed by atoms with E-state index in [1.54, 1.807) is 0 Å². The highest BCUT2D eigenvalue weighted by molar-refractivity contribution is 9.10. The number of rotatable bonds is 6. The molecule has 2 aromatic rings. The fourth-order valence-electron chi connectivity index (χ4n) is 4.40. The van der Waals surface area contributed by atoms with Crippen LogP contribution in [0.3, 0.4) is 0 Å². The molecular formula is C24H27BrN2O3. The minimum absolute atomic E-state index is 0.0348. The van der Waals surface area contributed by atoms with Crippen molar-refractivity contribution in [3.63, 3.8) is 0 Å². The first-order valence-corrected chi connectivity index (χ1v) is 11.3. The number of halogens is 1. The number of ether oxygens (including phenoxy) is 1. The molecule has 0 saturated carbocycles. The highest BCUT2D eigenvalue weighted by Crippen LogP contribution is 2.34. The molecule has 0 aliphatic carbocycles. The minimum atomic E-state index is -0.445. The number of carbonyl (C=O) groups excluding carboxylic acids is 2. The highest BCUT2D eigenvalue weighted by atomic mass is 79.9. The molecule has 2 aromatic carbocycles. The summed E-state index contributed by atoms with van der Waals surface area (Å²) >= 11 is 3.54. The number of benzene rings is 2. The topological polar surface area (TPSA) is 58.6 Å². The molecule has 0 spiro atoms. The van der Waals surface area contributed by atoms with Crippen LogP contribution in [0, 0.1) is 5.92 Å². The SMILES string of the molecule is O=C(NC1(c2cccc(Br)c2)CCOCC1)C1CC(=O)N(CCc2ccccc2)C1. The van der Waals surface area contributed by atoms with Crippen LogP contribution in [0.15, 0.2) is 59.1 Å². The Hall–Kier alpha value is -2.18. The van der Waals surface area contributed by atoms with E-state index in [1.165, 1.54) is 5.56 Å². The van der Waals surface area contributed by atoms with E-state index in [2.05, 4.69) is 45.5 Å². The molecule has 6 heteroatoms. The number of carbonyl (C=O) groups is 2. The van der Waals surface area contributed by atoms with Gasteiger partial charge in [0.15, 0.2) is 0 Å². The van der Waals surface area contributed by atoms with Crippen LogP contribution in [0.25, 0.3) is 0 Å². The zero-order chi connectivity index (χ0) is 21.0. The van der Waals surface area contributed by atoms with Gasteiger partial charge in [0.05, 0.1) is 11.5 Å². The van der Waals surface area contributed by atoms with Crippen LogP contribution in [0.5, 0.6) is 0 Å². The Labute approximate surface area is 185 Å². The van der Waals surface area contributed by atoms with E-state index >= 15 is 0 Å². The van der Waals surface area contributed by atoms with Crippen LogP contribution in [-0.2, 0) is 26.3 Å².